The van der Waals surface area contributed by atoms with Gasteiger partial charge in [0.15, 0.2) is 0 Å². The Morgan fingerprint density at radius 2 is 1.41 bits per heavy atom. The quantitative estimate of drug-likeness (QED) is 0.0275. The Labute approximate surface area is 262 Å². The molecular formula is C28H55N8O7S+. The predicted molar refractivity (Wildman–Crippen MR) is 168 cm³/mol. The molecule has 15 nitrogen and oxygen atoms in total. The molecule has 0 rings (SSSR count). The number of nitrogens with two attached hydrogens (primary N) is 1. The maximum absolute atomic E-state index is 13.6. The van der Waals surface area contributed by atoms with E-state index in [2.05, 4.69) is 26.0 Å². The average molecular weight is 648 g/mol. The lowest BCUT2D eigenvalue weighted by Crippen LogP contribution is -2.51. The Morgan fingerprint density at radius 3 is 1.93 bits per heavy atom. The van der Waals surface area contributed by atoms with Crippen LogP contribution in [0.15, 0.2) is 5.11 Å². The Hall–Kier alpha value is -2.94. The zero-order valence-corrected chi connectivity index (χ0v) is 28.4. The van der Waals surface area contributed by atoms with Gasteiger partial charge in [0.1, 0.15) is 6.54 Å². The summed E-state index contributed by atoms with van der Waals surface area (Å²) in [6.07, 6.45) is 3.09. The van der Waals surface area contributed by atoms with Crippen LogP contribution in [0.2, 0.25) is 0 Å². The van der Waals surface area contributed by atoms with Gasteiger partial charge in [0.05, 0.1) is 39.5 Å². The number of likely N-dealkylation sites (N-methyl/N-ethyl adjacent to an activating group) is 1. The van der Waals surface area contributed by atoms with Gasteiger partial charge >= 0.3 is 0 Å². The van der Waals surface area contributed by atoms with Gasteiger partial charge in [-0.05, 0) is 44.1 Å². The van der Waals surface area contributed by atoms with Gasteiger partial charge in [0.25, 0.3) is 10.1 Å². The fourth-order valence-electron chi connectivity index (χ4n) is 5.21. The molecule has 6 N–H and O–H groups in total. The molecule has 44 heavy (non-hydrogen) atoms. The molecule has 0 aliphatic carbocycles. The van der Waals surface area contributed by atoms with Crippen molar-refractivity contribution in [2.75, 3.05) is 59.1 Å². The SMILES string of the molecule is CCC(C)(CC(C)(CC(C)(C)C(N)=O)C(=O)NCCCCCNC(=O)CN=[N+]=[N-])C(=O)NCC[N+](C)(C)CCCS(=O)(=O)O. The predicted octanol–water partition coefficient (Wildman–Crippen LogP) is 1.88. The largest absolute Gasteiger partial charge is 0.369 e. The van der Waals surface area contributed by atoms with Gasteiger partial charge in [-0.2, -0.15) is 8.42 Å². The lowest BCUT2D eigenvalue weighted by molar-refractivity contribution is -0.889. The minimum Gasteiger partial charge on any atom is -0.369 e. The summed E-state index contributed by atoms with van der Waals surface area (Å²) >= 11 is 0. The first kappa shape index (κ1) is 41.1. The summed E-state index contributed by atoms with van der Waals surface area (Å²) in [5.41, 5.74) is 10.9. The Kier molecular flexibility index (Phi) is 16.9. The highest BCUT2D eigenvalue weighted by molar-refractivity contribution is 7.85. The molecule has 4 amide bonds. The van der Waals surface area contributed by atoms with Crippen LogP contribution in [0, 0.1) is 16.2 Å². The molecule has 254 valence electrons. The van der Waals surface area contributed by atoms with Gasteiger partial charge < -0.3 is 26.2 Å². The van der Waals surface area contributed by atoms with Crippen molar-refractivity contribution in [3.8, 4) is 0 Å². The summed E-state index contributed by atoms with van der Waals surface area (Å²) in [7, 11) is -0.216. The van der Waals surface area contributed by atoms with Crippen LogP contribution < -0.4 is 21.7 Å². The molecule has 0 saturated heterocycles. The zero-order valence-electron chi connectivity index (χ0n) is 27.6. The minimum atomic E-state index is -4.03. The molecule has 0 fully saturated rings. The molecule has 0 saturated carbocycles. The van der Waals surface area contributed by atoms with Gasteiger partial charge in [-0.25, -0.2) is 0 Å². The first-order valence-corrected chi connectivity index (χ1v) is 16.7. The molecule has 0 aromatic rings. The van der Waals surface area contributed by atoms with Crippen molar-refractivity contribution in [1.29, 1.82) is 0 Å². The number of nitrogens with one attached hydrogen (secondary N) is 3. The van der Waals surface area contributed by atoms with Crippen LogP contribution in [0.5, 0.6) is 0 Å². The number of hydrogen-bond donors (Lipinski definition) is 5. The number of amides is 4. The lowest BCUT2D eigenvalue weighted by atomic mass is 9.64. The number of quaternary nitrogens is 1. The van der Waals surface area contributed by atoms with Crippen molar-refractivity contribution in [3.63, 3.8) is 0 Å². The van der Waals surface area contributed by atoms with Crippen LogP contribution in [-0.2, 0) is 29.3 Å². The van der Waals surface area contributed by atoms with E-state index < -0.39 is 32.3 Å². The summed E-state index contributed by atoms with van der Waals surface area (Å²) in [6.45, 7) is 10.7. The number of unbranched alkanes of at least 4 members (excludes halogenated alkanes) is 2. The molecule has 0 spiro atoms. The van der Waals surface area contributed by atoms with Gasteiger partial charge in [-0.3, -0.25) is 23.7 Å². The average Bonchev–Trinajstić information content (AvgIpc) is 2.89. The van der Waals surface area contributed by atoms with E-state index >= 15 is 0 Å². The molecule has 2 atom stereocenters. The molecule has 16 heteroatoms. The van der Waals surface area contributed by atoms with E-state index in [1.165, 1.54) is 0 Å². The number of primary amides is 1. The van der Waals surface area contributed by atoms with Gasteiger partial charge in [-0.15, -0.1) is 0 Å². The number of hydrogen-bond acceptors (Lipinski definition) is 7. The van der Waals surface area contributed by atoms with Crippen LogP contribution in [0.1, 0.15) is 79.6 Å². The van der Waals surface area contributed by atoms with E-state index in [1.54, 1.807) is 27.7 Å². The molecule has 0 aromatic carbocycles. The third-order valence-electron chi connectivity index (χ3n) is 8.06. The molecule has 0 aliphatic heterocycles. The normalized spacial score (nSPS) is 14.8. The van der Waals surface area contributed by atoms with Crippen LogP contribution in [-0.4, -0.2) is 100 Å². The second kappa shape index (κ2) is 18.1. The molecule has 0 heterocycles. The minimum absolute atomic E-state index is 0.138. The lowest BCUT2D eigenvalue weighted by Gasteiger charge is -2.41. The van der Waals surface area contributed by atoms with E-state index in [-0.39, 0.29) is 49.3 Å². The summed E-state index contributed by atoms with van der Waals surface area (Å²) in [6, 6.07) is 0. The molecule has 0 radical (unpaired) electrons. The van der Waals surface area contributed by atoms with Crippen molar-refractivity contribution in [2.24, 2.45) is 27.1 Å². The number of carbonyl (C=O) groups is 4. The van der Waals surface area contributed by atoms with Crippen LogP contribution in [0.4, 0.5) is 0 Å². The van der Waals surface area contributed by atoms with E-state index in [1.807, 2.05) is 21.0 Å². The van der Waals surface area contributed by atoms with E-state index in [0.29, 0.717) is 56.5 Å². The van der Waals surface area contributed by atoms with Gasteiger partial charge in [0.2, 0.25) is 23.6 Å². The van der Waals surface area contributed by atoms with E-state index in [4.69, 9.17) is 15.8 Å². The van der Waals surface area contributed by atoms with Crippen molar-refractivity contribution in [3.05, 3.63) is 10.4 Å². The summed E-state index contributed by atoms with van der Waals surface area (Å²) in [5.74, 6) is -1.73. The maximum atomic E-state index is 13.6. The Balaban J connectivity index is 5.35. The smallest absolute Gasteiger partial charge is 0.265 e. The highest BCUT2D eigenvalue weighted by atomic mass is 32.2. The van der Waals surface area contributed by atoms with Gasteiger partial charge in [0, 0.05) is 40.7 Å². The molecule has 0 aromatic heterocycles. The second-order valence-electron chi connectivity index (χ2n) is 13.4. The fraction of sp³-hybridized carbons (Fsp3) is 0.857. The number of nitrogens with zero attached hydrogens (tertiary/aromatic N) is 4. The highest BCUT2D eigenvalue weighted by Crippen LogP contribution is 2.44. The molecule has 2 unspecified atom stereocenters. The number of rotatable bonds is 23. The Bertz CT molecular complexity index is 1140. The van der Waals surface area contributed by atoms with Crippen LogP contribution in [0.3, 0.4) is 0 Å². The third kappa shape index (κ3) is 16.2. The maximum Gasteiger partial charge on any atom is 0.265 e. The highest BCUT2D eigenvalue weighted by Gasteiger charge is 2.47. The van der Waals surface area contributed by atoms with Crippen LogP contribution in [0.25, 0.3) is 10.4 Å². The topological polar surface area (TPSA) is 234 Å². The van der Waals surface area contributed by atoms with E-state index in [9.17, 15) is 27.6 Å². The molecule has 0 bridgehead atoms. The van der Waals surface area contributed by atoms with Crippen LogP contribution >= 0.6 is 0 Å². The summed E-state index contributed by atoms with van der Waals surface area (Å²) in [5, 5.41) is 11.8. The first-order valence-electron chi connectivity index (χ1n) is 15.0. The fourth-order valence-corrected chi connectivity index (χ4v) is 5.70. The summed E-state index contributed by atoms with van der Waals surface area (Å²) in [4.78, 5) is 53.4. The molecular weight excluding hydrogens is 592 g/mol. The third-order valence-corrected chi connectivity index (χ3v) is 8.87. The summed E-state index contributed by atoms with van der Waals surface area (Å²) < 4.78 is 31.5. The van der Waals surface area contributed by atoms with Crippen molar-refractivity contribution < 1.29 is 36.6 Å². The Morgan fingerprint density at radius 1 is 0.864 bits per heavy atom. The zero-order chi connectivity index (χ0) is 34.2. The number of carbonyl (C=O) groups excluding carboxylic acids is 4. The van der Waals surface area contributed by atoms with Gasteiger partial charge in [-0.1, -0.05) is 39.7 Å². The number of azide groups is 1. The second-order valence-corrected chi connectivity index (χ2v) is 15.0. The van der Waals surface area contributed by atoms with Crippen molar-refractivity contribution in [1.82, 2.24) is 16.0 Å². The monoisotopic (exact) mass is 647 g/mol. The van der Waals surface area contributed by atoms with Crippen molar-refractivity contribution >= 4 is 33.7 Å². The van der Waals surface area contributed by atoms with Crippen molar-refractivity contribution in [2.45, 2.75) is 79.6 Å². The first-order chi connectivity index (χ1) is 20.1. The standard InChI is InChI=1S/C28H54N8O7S/c1-8-27(4,24(39)33-15-17-36(6,7)16-12-18-44(41,42)43)21-28(5,20-26(2,3)23(29)38)25(40)32-14-11-9-10-13-31-22(37)19-34-35-30/h8-21H2,1-7H3,(H5-,29,31,32,33,37,38,39,40,41,42,43)/p+1. The molecule has 0 aliphatic rings. The van der Waals surface area contributed by atoms with E-state index in [0.717, 1.165) is 6.42 Å².